The van der Waals surface area contributed by atoms with E-state index in [1.165, 1.54) is 0 Å². The number of hydrogen-bond acceptors (Lipinski definition) is 2. The first-order valence-electron chi connectivity index (χ1n) is 5.49. The molecule has 0 aliphatic rings. The zero-order valence-corrected chi connectivity index (χ0v) is 13.5. The van der Waals surface area contributed by atoms with Crippen molar-refractivity contribution in [2.75, 3.05) is 11.9 Å². The third-order valence-corrected chi connectivity index (χ3v) is 3.49. The first-order valence-corrected chi connectivity index (χ1v) is 7.04. The van der Waals surface area contributed by atoms with Crippen LogP contribution in [0.5, 0.6) is 0 Å². The number of halogens is 3. The zero-order chi connectivity index (χ0) is 13.9. The molecule has 0 aliphatic heterocycles. The number of carbonyl (C=O) groups excluding carboxylic acids is 1. The van der Waals surface area contributed by atoms with E-state index in [0.29, 0.717) is 22.3 Å². The van der Waals surface area contributed by atoms with Gasteiger partial charge >= 0.3 is 0 Å². The lowest BCUT2D eigenvalue weighted by atomic mass is 10.0. The van der Waals surface area contributed by atoms with E-state index in [0.717, 1.165) is 4.47 Å². The Balaban J connectivity index is 2.95. The minimum Gasteiger partial charge on any atom is -0.322 e. The standard InChI is InChI=1S/C12H15BrCl2N2O/c1-4-16-12(2,3)11(18)17-10-8(14)5-7(13)6-9(10)15/h5-6,16H,4H2,1-3H3,(H,17,18). The van der Waals surface area contributed by atoms with E-state index >= 15 is 0 Å². The van der Waals surface area contributed by atoms with Gasteiger partial charge in [0.2, 0.25) is 5.91 Å². The highest BCUT2D eigenvalue weighted by atomic mass is 79.9. The third-order valence-electron chi connectivity index (χ3n) is 2.43. The molecule has 6 heteroatoms. The number of likely N-dealkylation sites (N-methyl/N-ethyl adjacent to an activating group) is 1. The maximum atomic E-state index is 12.1. The summed E-state index contributed by atoms with van der Waals surface area (Å²) in [5.41, 5.74) is -0.258. The average molecular weight is 354 g/mol. The van der Waals surface area contributed by atoms with E-state index < -0.39 is 5.54 Å². The summed E-state index contributed by atoms with van der Waals surface area (Å²) < 4.78 is 0.765. The molecule has 100 valence electrons. The van der Waals surface area contributed by atoms with E-state index in [-0.39, 0.29) is 5.91 Å². The van der Waals surface area contributed by atoms with E-state index in [9.17, 15) is 4.79 Å². The predicted molar refractivity (Wildman–Crippen MR) is 80.5 cm³/mol. The van der Waals surface area contributed by atoms with Gasteiger partial charge in [0, 0.05) is 4.47 Å². The average Bonchev–Trinajstić information content (AvgIpc) is 2.22. The Kier molecular flexibility index (Phi) is 5.46. The van der Waals surface area contributed by atoms with Gasteiger partial charge in [-0.25, -0.2) is 0 Å². The van der Waals surface area contributed by atoms with Crippen LogP contribution < -0.4 is 10.6 Å². The van der Waals surface area contributed by atoms with Crippen LogP contribution in [0.4, 0.5) is 5.69 Å². The summed E-state index contributed by atoms with van der Waals surface area (Å²) in [7, 11) is 0. The predicted octanol–water partition coefficient (Wildman–Crippen LogP) is 4.08. The molecule has 0 radical (unpaired) electrons. The number of nitrogens with one attached hydrogen (secondary N) is 2. The first-order chi connectivity index (χ1) is 8.27. The molecule has 1 aromatic carbocycles. The maximum absolute atomic E-state index is 12.1. The summed E-state index contributed by atoms with van der Waals surface area (Å²) in [5, 5.41) is 6.63. The molecule has 1 aromatic rings. The van der Waals surface area contributed by atoms with Gasteiger partial charge in [0.15, 0.2) is 0 Å². The topological polar surface area (TPSA) is 41.1 Å². The lowest BCUT2D eigenvalue weighted by molar-refractivity contribution is -0.121. The molecule has 0 spiro atoms. The Morgan fingerprint density at radius 3 is 2.28 bits per heavy atom. The maximum Gasteiger partial charge on any atom is 0.244 e. The Morgan fingerprint density at radius 1 is 1.33 bits per heavy atom. The molecule has 0 unspecified atom stereocenters. The molecule has 0 saturated heterocycles. The molecule has 1 amide bonds. The fourth-order valence-corrected chi connectivity index (χ4v) is 2.76. The summed E-state index contributed by atoms with van der Waals surface area (Å²) in [6.07, 6.45) is 0. The normalized spacial score (nSPS) is 11.4. The second kappa shape index (κ2) is 6.24. The smallest absolute Gasteiger partial charge is 0.244 e. The highest BCUT2D eigenvalue weighted by Gasteiger charge is 2.27. The van der Waals surface area contributed by atoms with Gasteiger partial charge in [-0.2, -0.15) is 0 Å². The van der Waals surface area contributed by atoms with Crippen LogP contribution in [0, 0.1) is 0 Å². The van der Waals surface area contributed by atoms with E-state index in [1.54, 1.807) is 26.0 Å². The number of benzene rings is 1. The SMILES string of the molecule is CCNC(C)(C)C(=O)Nc1c(Cl)cc(Br)cc1Cl. The Morgan fingerprint density at radius 2 is 1.83 bits per heavy atom. The Bertz CT molecular complexity index is 440. The van der Waals surface area contributed by atoms with Gasteiger partial charge in [0.1, 0.15) is 0 Å². The third kappa shape index (κ3) is 3.85. The van der Waals surface area contributed by atoms with Gasteiger partial charge in [0.05, 0.1) is 21.3 Å². The van der Waals surface area contributed by atoms with Gasteiger partial charge in [-0.1, -0.05) is 46.1 Å². The molecule has 0 bridgehead atoms. The second-order valence-electron chi connectivity index (χ2n) is 4.35. The molecule has 0 atom stereocenters. The molecule has 0 saturated carbocycles. The fourth-order valence-electron chi connectivity index (χ4n) is 1.45. The van der Waals surface area contributed by atoms with Crippen LogP contribution in [-0.2, 0) is 4.79 Å². The fraction of sp³-hybridized carbons (Fsp3) is 0.417. The van der Waals surface area contributed by atoms with Crippen molar-refractivity contribution >= 4 is 50.7 Å². The van der Waals surface area contributed by atoms with Crippen LogP contribution in [0.1, 0.15) is 20.8 Å². The molecule has 0 heterocycles. The van der Waals surface area contributed by atoms with Crippen LogP contribution >= 0.6 is 39.1 Å². The van der Waals surface area contributed by atoms with Crippen molar-refractivity contribution in [3.63, 3.8) is 0 Å². The quantitative estimate of drug-likeness (QED) is 0.856. The second-order valence-corrected chi connectivity index (χ2v) is 6.08. The number of carbonyl (C=O) groups is 1. The lowest BCUT2D eigenvalue weighted by Crippen LogP contribution is -2.49. The van der Waals surface area contributed by atoms with Crippen LogP contribution in [0.25, 0.3) is 0 Å². The van der Waals surface area contributed by atoms with Crippen LogP contribution in [-0.4, -0.2) is 18.0 Å². The van der Waals surface area contributed by atoms with Gasteiger partial charge in [-0.15, -0.1) is 0 Å². The van der Waals surface area contributed by atoms with Crippen molar-refractivity contribution in [1.29, 1.82) is 0 Å². The molecular formula is C12H15BrCl2N2O. The molecule has 3 nitrogen and oxygen atoms in total. The van der Waals surface area contributed by atoms with Crippen LogP contribution in [0.15, 0.2) is 16.6 Å². The summed E-state index contributed by atoms with van der Waals surface area (Å²) in [6.45, 7) is 6.23. The summed E-state index contributed by atoms with van der Waals surface area (Å²) >= 11 is 15.4. The van der Waals surface area contributed by atoms with Gasteiger partial charge in [-0.3, -0.25) is 4.79 Å². The van der Waals surface area contributed by atoms with E-state index in [1.807, 2.05) is 6.92 Å². The Hall–Kier alpha value is -0.290. The number of amides is 1. The summed E-state index contributed by atoms with van der Waals surface area (Å²) in [6, 6.07) is 3.37. The summed E-state index contributed by atoms with van der Waals surface area (Å²) in [4.78, 5) is 12.1. The van der Waals surface area contributed by atoms with Gasteiger partial charge < -0.3 is 10.6 Å². The number of anilines is 1. The minimum absolute atomic E-state index is 0.185. The highest BCUT2D eigenvalue weighted by Crippen LogP contribution is 2.34. The van der Waals surface area contributed by atoms with E-state index in [4.69, 9.17) is 23.2 Å². The van der Waals surface area contributed by atoms with Gasteiger partial charge in [0.25, 0.3) is 0 Å². The molecule has 0 aromatic heterocycles. The molecule has 1 rings (SSSR count). The number of hydrogen-bond donors (Lipinski definition) is 2. The van der Waals surface area contributed by atoms with Crippen molar-refractivity contribution in [3.05, 3.63) is 26.7 Å². The number of rotatable bonds is 4. The molecule has 0 aliphatic carbocycles. The molecule has 18 heavy (non-hydrogen) atoms. The van der Waals surface area contributed by atoms with E-state index in [2.05, 4.69) is 26.6 Å². The van der Waals surface area contributed by atoms with Gasteiger partial charge in [-0.05, 0) is 32.5 Å². The highest BCUT2D eigenvalue weighted by molar-refractivity contribution is 9.10. The largest absolute Gasteiger partial charge is 0.322 e. The van der Waals surface area contributed by atoms with Crippen LogP contribution in [0.2, 0.25) is 10.0 Å². The van der Waals surface area contributed by atoms with Crippen LogP contribution in [0.3, 0.4) is 0 Å². The lowest BCUT2D eigenvalue weighted by Gasteiger charge is -2.25. The molecule has 2 N–H and O–H groups in total. The molecule has 0 fully saturated rings. The van der Waals surface area contributed by atoms with Crippen molar-refractivity contribution in [2.45, 2.75) is 26.3 Å². The van der Waals surface area contributed by atoms with Crippen molar-refractivity contribution in [2.24, 2.45) is 0 Å². The van der Waals surface area contributed by atoms with Crippen molar-refractivity contribution in [1.82, 2.24) is 5.32 Å². The minimum atomic E-state index is -0.686. The first kappa shape index (κ1) is 15.8. The zero-order valence-electron chi connectivity index (χ0n) is 10.4. The van der Waals surface area contributed by atoms with Crippen molar-refractivity contribution < 1.29 is 4.79 Å². The monoisotopic (exact) mass is 352 g/mol. The van der Waals surface area contributed by atoms with Crippen molar-refractivity contribution in [3.8, 4) is 0 Å². The summed E-state index contributed by atoms with van der Waals surface area (Å²) in [5.74, 6) is -0.185. The molecular weight excluding hydrogens is 339 g/mol. The Labute approximate surface area is 125 Å².